The second-order valence-electron chi connectivity index (χ2n) is 6.48. The summed E-state index contributed by atoms with van der Waals surface area (Å²) in [5.74, 6) is 0.00196. The van der Waals surface area contributed by atoms with Crippen molar-refractivity contribution >= 4 is 33.2 Å². The number of benzene rings is 2. The highest BCUT2D eigenvalue weighted by molar-refractivity contribution is 7.99. The van der Waals surface area contributed by atoms with Crippen molar-refractivity contribution in [2.24, 2.45) is 0 Å². The fourth-order valence-corrected chi connectivity index (χ4v) is 3.98. The van der Waals surface area contributed by atoms with Gasteiger partial charge in [0.2, 0.25) is 5.91 Å². The van der Waals surface area contributed by atoms with E-state index < -0.39 is 9.84 Å². The minimum atomic E-state index is -3.25. The topological polar surface area (TPSA) is 81.1 Å². The second-order valence-corrected chi connectivity index (χ2v) is 9.44. The van der Waals surface area contributed by atoms with E-state index in [1.807, 2.05) is 16.8 Å². The molecule has 8 heteroatoms. The summed E-state index contributed by atoms with van der Waals surface area (Å²) >= 11 is 1.34. The third-order valence-corrected chi connectivity index (χ3v) is 6.37. The predicted octanol–water partition coefficient (Wildman–Crippen LogP) is 3.62. The van der Waals surface area contributed by atoms with Gasteiger partial charge in [0, 0.05) is 30.0 Å². The maximum atomic E-state index is 12.2. The second kappa shape index (κ2) is 8.20. The van der Waals surface area contributed by atoms with Crippen molar-refractivity contribution in [1.82, 2.24) is 9.55 Å². The first-order valence-electron chi connectivity index (χ1n) is 8.58. The largest absolute Gasteiger partial charge is 0.325 e. The number of hydrogen-bond donors (Lipinski definition) is 1. The number of amides is 1. The smallest absolute Gasteiger partial charge is 0.234 e. The van der Waals surface area contributed by atoms with Crippen LogP contribution in [-0.4, -0.2) is 35.9 Å². The van der Waals surface area contributed by atoms with Gasteiger partial charge in [0.25, 0.3) is 0 Å². The van der Waals surface area contributed by atoms with Crippen LogP contribution in [0.5, 0.6) is 0 Å². The number of anilines is 1. The summed E-state index contributed by atoms with van der Waals surface area (Å²) in [6, 6.07) is 12.3. The number of rotatable bonds is 6. The van der Waals surface area contributed by atoms with Crippen LogP contribution in [0.1, 0.15) is 11.1 Å². The van der Waals surface area contributed by atoms with Crippen LogP contribution in [-0.2, 0) is 14.6 Å². The van der Waals surface area contributed by atoms with E-state index in [4.69, 9.17) is 0 Å². The van der Waals surface area contributed by atoms with Crippen LogP contribution in [0.4, 0.5) is 5.69 Å². The number of imidazole rings is 1. The molecule has 0 atom stereocenters. The first kappa shape index (κ1) is 20.2. The summed E-state index contributed by atoms with van der Waals surface area (Å²) in [6.07, 6.45) is 4.72. The SMILES string of the molecule is Cc1ccc(-n2ccnc2SCC(=O)Nc2ccc(S(C)(=O)=O)cc2)cc1C. The zero-order valence-corrected chi connectivity index (χ0v) is 17.5. The highest BCUT2D eigenvalue weighted by Gasteiger charge is 2.11. The fourth-order valence-electron chi connectivity index (χ4n) is 2.58. The van der Waals surface area contributed by atoms with Gasteiger partial charge in [-0.15, -0.1) is 0 Å². The van der Waals surface area contributed by atoms with Gasteiger partial charge in [0.05, 0.1) is 10.6 Å². The van der Waals surface area contributed by atoms with Crippen LogP contribution < -0.4 is 5.32 Å². The van der Waals surface area contributed by atoms with Gasteiger partial charge in [-0.25, -0.2) is 13.4 Å². The molecule has 1 heterocycles. The summed E-state index contributed by atoms with van der Waals surface area (Å²) in [4.78, 5) is 16.8. The Morgan fingerprint density at radius 2 is 1.82 bits per heavy atom. The normalized spacial score (nSPS) is 11.4. The predicted molar refractivity (Wildman–Crippen MR) is 112 cm³/mol. The zero-order chi connectivity index (χ0) is 20.3. The molecule has 0 spiro atoms. The van der Waals surface area contributed by atoms with Crippen LogP contribution in [0.3, 0.4) is 0 Å². The molecule has 3 aromatic rings. The Morgan fingerprint density at radius 3 is 2.46 bits per heavy atom. The van der Waals surface area contributed by atoms with Crippen molar-refractivity contribution < 1.29 is 13.2 Å². The number of aryl methyl sites for hydroxylation is 2. The van der Waals surface area contributed by atoms with E-state index in [2.05, 4.69) is 36.3 Å². The molecule has 1 aromatic heterocycles. The lowest BCUT2D eigenvalue weighted by Gasteiger charge is -2.10. The van der Waals surface area contributed by atoms with E-state index in [1.54, 1.807) is 18.3 Å². The average molecular weight is 416 g/mol. The Labute approximate surface area is 168 Å². The molecule has 0 unspecified atom stereocenters. The summed E-state index contributed by atoms with van der Waals surface area (Å²) in [5.41, 5.74) is 3.96. The molecule has 6 nitrogen and oxygen atoms in total. The molecule has 0 aliphatic carbocycles. The first-order valence-corrected chi connectivity index (χ1v) is 11.5. The molecule has 0 aliphatic rings. The molecule has 3 rings (SSSR count). The van der Waals surface area contributed by atoms with E-state index in [0.717, 1.165) is 17.1 Å². The molecule has 0 radical (unpaired) electrons. The number of aromatic nitrogens is 2. The molecule has 0 saturated carbocycles. The quantitative estimate of drug-likeness (QED) is 0.622. The molecule has 0 saturated heterocycles. The molecule has 2 aromatic carbocycles. The van der Waals surface area contributed by atoms with Crippen molar-refractivity contribution in [1.29, 1.82) is 0 Å². The van der Waals surface area contributed by atoms with Crippen molar-refractivity contribution in [3.8, 4) is 5.69 Å². The fraction of sp³-hybridized carbons (Fsp3) is 0.200. The molecule has 0 aliphatic heterocycles. The Hall–Kier alpha value is -2.58. The van der Waals surface area contributed by atoms with Gasteiger partial charge in [0.15, 0.2) is 15.0 Å². The Balaban J connectivity index is 1.64. The number of carbonyl (C=O) groups is 1. The van der Waals surface area contributed by atoms with E-state index >= 15 is 0 Å². The summed E-state index contributed by atoms with van der Waals surface area (Å²) in [7, 11) is -3.25. The van der Waals surface area contributed by atoms with Gasteiger partial charge in [-0.3, -0.25) is 9.36 Å². The number of carbonyl (C=O) groups excluding carboxylic acids is 1. The molecular formula is C20H21N3O3S2. The van der Waals surface area contributed by atoms with Gasteiger partial charge < -0.3 is 5.32 Å². The molecule has 1 amide bonds. The molecule has 1 N–H and O–H groups in total. The number of thioether (sulfide) groups is 1. The lowest BCUT2D eigenvalue weighted by Crippen LogP contribution is -2.14. The molecule has 146 valence electrons. The van der Waals surface area contributed by atoms with Crippen LogP contribution >= 0.6 is 11.8 Å². The summed E-state index contributed by atoms with van der Waals surface area (Å²) < 4.78 is 24.9. The lowest BCUT2D eigenvalue weighted by molar-refractivity contribution is -0.113. The highest BCUT2D eigenvalue weighted by Crippen LogP contribution is 2.22. The van der Waals surface area contributed by atoms with Crippen LogP contribution in [0.2, 0.25) is 0 Å². The maximum Gasteiger partial charge on any atom is 0.234 e. The Morgan fingerprint density at radius 1 is 1.11 bits per heavy atom. The highest BCUT2D eigenvalue weighted by atomic mass is 32.2. The van der Waals surface area contributed by atoms with Crippen molar-refractivity contribution in [3.05, 3.63) is 66.0 Å². The Kier molecular flexibility index (Phi) is 5.90. The van der Waals surface area contributed by atoms with Gasteiger partial charge in [-0.1, -0.05) is 17.8 Å². The Bertz CT molecular complexity index is 1100. The number of sulfone groups is 1. The standard InChI is InChI=1S/C20H21N3O3S2/c1-14-4-7-17(12-15(14)2)23-11-10-21-20(23)27-13-19(24)22-16-5-8-18(9-6-16)28(3,25)26/h4-12H,13H2,1-3H3,(H,22,24). The number of nitrogens with zero attached hydrogens (tertiary/aromatic N) is 2. The van der Waals surface area contributed by atoms with Gasteiger partial charge in [0.1, 0.15) is 0 Å². The van der Waals surface area contributed by atoms with E-state index in [9.17, 15) is 13.2 Å². The molecule has 28 heavy (non-hydrogen) atoms. The van der Waals surface area contributed by atoms with Crippen molar-refractivity contribution in [2.45, 2.75) is 23.9 Å². The monoisotopic (exact) mass is 415 g/mol. The minimum absolute atomic E-state index is 0.188. The maximum absolute atomic E-state index is 12.2. The number of nitrogens with one attached hydrogen (secondary N) is 1. The average Bonchev–Trinajstić information content (AvgIpc) is 3.10. The van der Waals surface area contributed by atoms with Crippen LogP contribution in [0.15, 0.2) is 64.9 Å². The van der Waals surface area contributed by atoms with Crippen molar-refractivity contribution in [3.63, 3.8) is 0 Å². The lowest BCUT2D eigenvalue weighted by atomic mass is 10.1. The minimum Gasteiger partial charge on any atom is -0.325 e. The zero-order valence-electron chi connectivity index (χ0n) is 15.8. The summed E-state index contributed by atoms with van der Waals surface area (Å²) in [5, 5.41) is 3.49. The first-order chi connectivity index (χ1) is 13.2. The van der Waals surface area contributed by atoms with Crippen molar-refractivity contribution in [2.75, 3.05) is 17.3 Å². The van der Waals surface area contributed by atoms with Gasteiger partial charge in [-0.05, 0) is 61.4 Å². The van der Waals surface area contributed by atoms with Gasteiger partial charge >= 0.3 is 0 Å². The van der Waals surface area contributed by atoms with E-state index in [0.29, 0.717) is 5.69 Å². The number of hydrogen-bond acceptors (Lipinski definition) is 5. The van der Waals surface area contributed by atoms with Gasteiger partial charge in [-0.2, -0.15) is 0 Å². The van der Waals surface area contributed by atoms with Crippen LogP contribution in [0.25, 0.3) is 5.69 Å². The molecule has 0 bridgehead atoms. The third-order valence-electron chi connectivity index (χ3n) is 4.27. The molecule has 0 fully saturated rings. The van der Waals surface area contributed by atoms with Crippen LogP contribution in [0, 0.1) is 13.8 Å². The third kappa shape index (κ3) is 4.82. The molecular weight excluding hydrogens is 394 g/mol. The summed E-state index contributed by atoms with van der Waals surface area (Å²) in [6.45, 7) is 4.13. The van der Waals surface area contributed by atoms with E-state index in [-0.39, 0.29) is 16.6 Å². The van der Waals surface area contributed by atoms with E-state index in [1.165, 1.54) is 35.0 Å².